The zero-order valence-corrected chi connectivity index (χ0v) is 10.5. The lowest BCUT2D eigenvalue weighted by Crippen LogP contribution is -2.13. The van der Waals surface area contributed by atoms with Crippen LogP contribution in [0.2, 0.25) is 0 Å². The Morgan fingerprint density at radius 3 is 2.56 bits per heavy atom. The minimum absolute atomic E-state index is 0.406. The molecule has 0 radical (unpaired) electrons. The zero-order chi connectivity index (χ0) is 12.1. The van der Waals surface area contributed by atoms with Gasteiger partial charge in [-0.2, -0.15) is 0 Å². The van der Waals surface area contributed by atoms with Gasteiger partial charge in [-0.25, -0.2) is 0 Å². The molecule has 16 heavy (non-hydrogen) atoms. The summed E-state index contributed by atoms with van der Waals surface area (Å²) in [6, 6.07) is 3.86. The van der Waals surface area contributed by atoms with Crippen LogP contribution in [-0.2, 0) is 0 Å². The molecule has 0 aliphatic rings. The van der Waals surface area contributed by atoms with Gasteiger partial charge in [0, 0.05) is 0 Å². The predicted octanol–water partition coefficient (Wildman–Crippen LogP) is 1.95. The maximum atomic E-state index is 10.0. The van der Waals surface area contributed by atoms with E-state index in [1.54, 1.807) is 7.11 Å². The summed E-state index contributed by atoms with van der Waals surface area (Å²) in [6.07, 6.45) is 0.320. The van der Waals surface area contributed by atoms with Crippen LogP contribution in [0.1, 0.15) is 29.2 Å². The summed E-state index contributed by atoms with van der Waals surface area (Å²) in [7, 11) is 3.55. The molecule has 1 aromatic rings. The standard InChI is InChI=1S/C13H21NO2/c1-9-10(2)13(16-4)6-5-11(9)12(15)7-8-14-3/h5-6,12,14-15H,7-8H2,1-4H3. The summed E-state index contributed by atoms with van der Waals surface area (Å²) in [6.45, 7) is 4.85. The third-order valence-electron chi connectivity index (χ3n) is 3.03. The minimum Gasteiger partial charge on any atom is -0.496 e. The molecule has 2 N–H and O–H groups in total. The third-order valence-corrected chi connectivity index (χ3v) is 3.03. The van der Waals surface area contributed by atoms with Crippen LogP contribution in [0.3, 0.4) is 0 Å². The van der Waals surface area contributed by atoms with Crippen LogP contribution in [0, 0.1) is 13.8 Å². The highest BCUT2D eigenvalue weighted by Crippen LogP contribution is 2.28. The van der Waals surface area contributed by atoms with E-state index in [2.05, 4.69) is 5.32 Å². The molecule has 1 rings (SSSR count). The van der Waals surface area contributed by atoms with Gasteiger partial charge < -0.3 is 15.2 Å². The first kappa shape index (κ1) is 13.0. The number of aliphatic hydroxyl groups is 1. The van der Waals surface area contributed by atoms with Gasteiger partial charge in [-0.05, 0) is 56.6 Å². The summed E-state index contributed by atoms with van der Waals surface area (Å²) in [5.41, 5.74) is 3.21. The van der Waals surface area contributed by atoms with E-state index in [1.165, 1.54) is 0 Å². The summed E-state index contributed by atoms with van der Waals surface area (Å²) in [4.78, 5) is 0. The number of hydrogen-bond acceptors (Lipinski definition) is 3. The van der Waals surface area contributed by atoms with Crippen molar-refractivity contribution in [3.8, 4) is 5.75 Å². The van der Waals surface area contributed by atoms with E-state index in [1.807, 2.05) is 33.0 Å². The Balaban J connectivity index is 2.93. The molecule has 0 fully saturated rings. The van der Waals surface area contributed by atoms with Gasteiger partial charge in [0.2, 0.25) is 0 Å². The number of ether oxygens (including phenoxy) is 1. The number of benzene rings is 1. The quantitative estimate of drug-likeness (QED) is 0.801. The van der Waals surface area contributed by atoms with E-state index < -0.39 is 6.10 Å². The van der Waals surface area contributed by atoms with Gasteiger partial charge in [-0.3, -0.25) is 0 Å². The Labute approximate surface area is 97.4 Å². The molecule has 0 heterocycles. The van der Waals surface area contributed by atoms with Crippen molar-refractivity contribution in [2.45, 2.75) is 26.4 Å². The average Bonchev–Trinajstić information content (AvgIpc) is 2.29. The van der Waals surface area contributed by atoms with Crippen LogP contribution in [0.4, 0.5) is 0 Å². The van der Waals surface area contributed by atoms with Crippen molar-refractivity contribution in [1.29, 1.82) is 0 Å². The second kappa shape index (κ2) is 5.87. The molecule has 0 spiro atoms. The van der Waals surface area contributed by atoms with Crippen molar-refractivity contribution in [2.75, 3.05) is 20.7 Å². The summed E-state index contributed by atoms with van der Waals surface area (Å²) >= 11 is 0. The van der Waals surface area contributed by atoms with Crippen molar-refractivity contribution in [3.05, 3.63) is 28.8 Å². The van der Waals surface area contributed by atoms with Gasteiger partial charge in [0.25, 0.3) is 0 Å². The number of aliphatic hydroxyl groups excluding tert-OH is 1. The molecular formula is C13H21NO2. The molecule has 3 heteroatoms. The molecule has 1 aromatic carbocycles. The highest BCUT2D eigenvalue weighted by Gasteiger charge is 2.13. The van der Waals surface area contributed by atoms with E-state index in [4.69, 9.17) is 4.74 Å². The van der Waals surface area contributed by atoms with E-state index in [9.17, 15) is 5.11 Å². The molecule has 0 bridgehead atoms. The first-order chi connectivity index (χ1) is 7.61. The van der Waals surface area contributed by atoms with E-state index in [-0.39, 0.29) is 0 Å². The minimum atomic E-state index is -0.406. The molecule has 0 amide bonds. The van der Waals surface area contributed by atoms with E-state index in [0.29, 0.717) is 0 Å². The SMILES string of the molecule is CNCCC(O)c1ccc(OC)c(C)c1C. The average molecular weight is 223 g/mol. The van der Waals surface area contributed by atoms with Crippen molar-refractivity contribution in [3.63, 3.8) is 0 Å². The smallest absolute Gasteiger partial charge is 0.122 e. The second-order valence-corrected chi connectivity index (χ2v) is 4.02. The second-order valence-electron chi connectivity index (χ2n) is 4.02. The topological polar surface area (TPSA) is 41.5 Å². The Kier molecular flexibility index (Phi) is 4.77. The van der Waals surface area contributed by atoms with Crippen LogP contribution >= 0.6 is 0 Å². The number of nitrogens with one attached hydrogen (secondary N) is 1. The fourth-order valence-corrected chi connectivity index (χ4v) is 1.84. The lowest BCUT2D eigenvalue weighted by molar-refractivity contribution is 0.167. The van der Waals surface area contributed by atoms with Crippen LogP contribution in [0.25, 0.3) is 0 Å². The molecule has 90 valence electrons. The molecule has 1 atom stereocenters. The molecule has 0 saturated carbocycles. The van der Waals surface area contributed by atoms with E-state index >= 15 is 0 Å². The van der Waals surface area contributed by atoms with Crippen LogP contribution < -0.4 is 10.1 Å². The van der Waals surface area contributed by atoms with Crippen molar-refractivity contribution >= 4 is 0 Å². The van der Waals surface area contributed by atoms with Gasteiger partial charge in [-0.15, -0.1) is 0 Å². The fraction of sp³-hybridized carbons (Fsp3) is 0.538. The van der Waals surface area contributed by atoms with Crippen LogP contribution in [-0.4, -0.2) is 25.8 Å². The first-order valence-electron chi connectivity index (χ1n) is 5.58. The monoisotopic (exact) mass is 223 g/mol. The van der Waals surface area contributed by atoms with Crippen LogP contribution in [0.15, 0.2) is 12.1 Å². The highest BCUT2D eigenvalue weighted by atomic mass is 16.5. The first-order valence-corrected chi connectivity index (χ1v) is 5.58. The maximum Gasteiger partial charge on any atom is 0.122 e. The lowest BCUT2D eigenvalue weighted by Gasteiger charge is -2.17. The van der Waals surface area contributed by atoms with Gasteiger partial charge in [-0.1, -0.05) is 6.07 Å². The lowest BCUT2D eigenvalue weighted by atomic mass is 9.97. The Hall–Kier alpha value is -1.06. The highest BCUT2D eigenvalue weighted by molar-refractivity contribution is 5.44. The molecule has 0 saturated heterocycles. The van der Waals surface area contributed by atoms with Gasteiger partial charge in [0.05, 0.1) is 13.2 Å². The molecule has 0 aromatic heterocycles. The fourth-order valence-electron chi connectivity index (χ4n) is 1.84. The number of hydrogen-bond donors (Lipinski definition) is 2. The van der Waals surface area contributed by atoms with Gasteiger partial charge >= 0.3 is 0 Å². The van der Waals surface area contributed by atoms with E-state index in [0.717, 1.165) is 35.4 Å². The van der Waals surface area contributed by atoms with Gasteiger partial charge in [0.1, 0.15) is 5.75 Å². The van der Waals surface area contributed by atoms with Crippen molar-refractivity contribution in [1.82, 2.24) is 5.32 Å². The summed E-state index contributed by atoms with van der Waals surface area (Å²) < 4.78 is 5.25. The molecule has 0 aliphatic heterocycles. The molecule has 3 nitrogen and oxygen atoms in total. The van der Waals surface area contributed by atoms with Crippen LogP contribution in [0.5, 0.6) is 5.75 Å². The van der Waals surface area contributed by atoms with Crippen molar-refractivity contribution in [2.24, 2.45) is 0 Å². The predicted molar refractivity (Wildman–Crippen MR) is 66.0 cm³/mol. The Morgan fingerprint density at radius 1 is 1.31 bits per heavy atom. The number of rotatable bonds is 5. The zero-order valence-electron chi connectivity index (χ0n) is 10.5. The molecule has 1 unspecified atom stereocenters. The normalized spacial score (nSPS) is 12.6. The number of methoxy groups -OCH3 is 1. The summed E-state index contributed by atoms with van der Waals surface area (Å²) in [5, 5.41) is 13.1. The summed E-state index contributed by atoms with van der Waals surface area (Å²) in [5.74, 6) is 0.877. The van der Waals surface area contributed by atoms with Crippen molar-refractivity contribution < 1.29 is 9.84 Å². The molecular weight excluding hydrogens is 202 g/mol. The Bertz CT molecular complexity index is 350. The van der Waals surface area contributed by atoms with Gasteiger partial charge in [0.15, 0.2) is 0 Å². The Morgan fingerprint density at radius 2 is 2.00 bits per heavy atom. The maximum absolute atomic E-state index is 10.0. The largest absolute Gasteiger partial charge is 0.496 e. The third kappa shape index (κ3) is 2.74. The molecule has 0 aliphatic carbocycles.